The van der Waals surface area contributed by atoms with Crippen LogP contribution in [0, 0.1) is 17.1 Å². The Bertz CT molecular complexity index is 874. The summed E-state index contributed by atoms with van der Waals surface area (Å²) in [4.78, 5) is 0.0581. The maximum absolute atomic E-state index is 13.1. The van der Waals surface area contributed by atoms with E-state index in [1.165, 1.54) is 52.8 Å². The van der Waals surface area contributed by atoms with Crippen molar-refractivity contribution in [3.05, 3.63) is 65.5 Å². The second kappa shape index (κ2) is 6.32. The van der Waals surface area contributed by atoms with Crippen LogP contribution in [0.3, 0.4) is 0 Å². The van der Waals surface area contributed by atoms with E-state index in [1.807, 2.05) is 6.07 Å². The molecule has 0 unspecified atom stereocenters. The molecule has 1 N–H and O–H groups in total. The number of aliphatic hydroxyl groups is 1. The first-order valence-electron chi connectivity index (χ1n) is 7.37. The van der Waals surface area contributed by atoms with Crippen LogP contribution >= 0.6 is 0 Å². The van der Waals surface area contributed by atoms with Gasteiger partial charge in [0.25, 0.3) is 0 Å². The highest BCUT2D eigenvalue weighted by Crippen LogP contribution is 2.36. The first-order valence-corrected chi connectivity index (χ1v) is 8.81. The number of hydrogen-bond donors (Lipinski definition) is 1. The number of hydrogen-bond acceptors (Lipinski definition) is 4. The number of nitriles is 1. The summed E-state index contributed by atoms with van der Waals surface area (Å²) in [5.74, 6) is -0.404. The lowest BCUT2D eigenvalue weighted by Crippen LogP contribution is -2.31. The van der Waals surface area contributed by atoms with Crippen molar-refractivity contribution in [2.45, 2.75) is 23.5 Å². The van der Waals surface area contributed by atoms with Crippen molar-refractivity contribution in [3.8, 4) is 6.07 Å². The molecular formula is C17H15FN2O3S. The largest absolute Gasteiger partial charge is 0.392 e. The van der Waals surface area contributed by atoms with E-state index >= 15 is 0 Å². The molecule has 2 atom stereocenters. The lowest BCUT2D eigenvalue weighted by molar-refractivity contribution is 0.188. The minimum atomic E-state index is -3.83. The van der Waals surface area contributed by atoms with E-state index in [1.54, 1.807) is 0 Å². The van der Waals surface area contributed by atoms with E-state index in [9.17, 15) is 17.9 Å². The fourth-order valence-corrected chi connectivity index (χ4v) is 4.54. The molecule has 0 amide bonds. The molecule has 0 aromatic heterocycles. The zero-order valence-corrected chi connectivity index (χ0v) is 13.4. The van der Waals surface area contributed by atoms with Gasteiger partial charge in [0.2, 0.25) is 10.0 Å². The fraction of sp³-hybridized carbons (Fsp3) is 0.235. The minimum Gasteiger partial charge on any atom is -0.392 e. The number of sulfonamides is 1. The Labute approximate surface area is 139 Å². The van der Waals surface area contributed by atoms with Crippen LogP contribution in [0.5, 0.6) is 0 Å². The van der Waals surface area contributed by atoms with Gasteiger partial charge in [0.1, 0.15) is 5.82 Å². The van der Waals surface area contributed by atoms with Gasteiger partial charge in [0.15, 0.2) is 0 Å². The summed E-state index contributed by atoms with van der Waals surface area (Å²) in [6.45, 7) is -0.0234. The number of rotatable bonds is 3. The molecule has 1 saturated heterocycles. The van der Waals surface area contributed by atoms with Gasteiger partial charge < -0.3 is 5.11 Å². The highest BCUT2D eigenvalue weighted by molar-refractivity contribution is 7.89. The first-order chi connectivity index (χ1) is 11.4. The second-order valence-corrected chi connectivity index (χ2v) is 7.56. The van der Waals surface area contributed by atoms with Crippen molar-refractivity contribution in [1.29, 1.82) is 5.26 Å². The van der Waals surface area contributed by atoms with Gasteiger partial charge in [-0.25, -0.2) is 12.8 Å². The molecule has 2 aromatic carbocycles. The Morgan fingerprint density at radius 2 is 1.75 bits per heavy atom. The first kappa shape index (κ1) is 16.6. The second-order valence-electron chi connectivity index (χ2n) is 5.67. The summed E-state index contributed by atoms with van der Waals surface area (Å²) in [6, 6.07) is 12.6. The Hall–Kier alpha value is -2.27. The molecule has 1 aliphatic rings. The Morgan fingerprint density at radius 3 is 2.33 bits per heavy atom. The van der Waals surface area contributed by atoms with Gasteiger partial charge in [-0.1, -0.05) is 12.1 Å². The maximum atomic E-state index is 13.1. The molecule has 124 valence electrons. The topological polar surface area (TPSA) is 81.4 Å². The molecule has 1 fully saturated rings. The van der Waals surface area contributed by atoms with Crippen LogP contribution < -0.4 is 0 Å². The zero-order chi connectivity index (χ0) is 17.3. The van der Waals surface area contributed by atoms with Gasteiger partial charge in [-0.15, -0.1) is 0 Å². The minimum absolute atomic E-state index is 0.0234. The lowest BCUT2D eigenvalue weighted by Gasteiger charge is -2.24. The van der Waals surface area contributed by atoms with Crippen LogP contribution in [0.25, 0.3) is 0 Å². The predicted octanol–water partition coefficient (Wildman–Crippen LogP) is 2.19. The maximum Gasteiger partial charge on any atom is 0.243 e. The normalized spacial score (nSPS) is 21.5. The highest BCUT2D eigenvalue weighted by atomic mass is 32.2. The predicted molar refractivity (Wildman–Crippen MR) is 84.8 cm³/mol. The molecule has 0 spiro atoms. The molecule has 0 saturated carbocycles. The summed E-state index contributed by atoms with van der Waals surface area (Å²) in [5, 5.41) is 18.8. The molecule has 3 rings (SSSR count). The fourth-order valence-electron chi connectivity index (χ4n) is 2.87. The van der Waals surface area contributed by atoms with Crippen molar-refractivity contribution < 1.29 is 17.9 Å². The van der Waals surface area contributed by atoms with Crippen LogP contribution in [0.1, 0.15) is 23.6 Å². The number of benzene rings is 2. The third-order valence-corrected chi connectivity index (χ3v) is 5.97. The molecule has 1 aliphatic heterocycles. The summed E-state index contributed by atoms with van der Waals surface area (Å²) >= 11 is 0. The molecule has 0 bridgehead atoms. The summed E-state index contributed by atoms with van der Waals surface area (Å²) in [5.41, 5.74) is 0.996. The van der Waals surface area contributed by atoms with Crippen molar-refractivity contribution in [2.75, 3.05) is 6.54 Å². The quantitative estimate of drug-likeness (QED) is 0.924. The molecule has 1 heterocycles. The van der Waals surface area contributed by atoms with Crippen molar-refractivity contribution >= 4 is 10.0 Å². The van der Waals surface area contributed by atoms with Crippen LogP contribution in [-0.2, 0) is 10.0 Å². The van der Waals surface area contributed by atoms with Gasteiger partial charge in [-0.05, 0) is 48.4 Å². The van der Waals surface area contributed by atoms with E-state index in [0.717, 1.165) is 0 Å². The van der Waals surface area contributed by atoms with Gasteiger partial charge in [-0.2, -0.15) is 9.57 Å². The molecule has 0 radical (unpaired) electrons. The number of aliphatic hydroxyl groups excluding tert-OH is 1. The Balaban J connectivity index is 1.98. The van der Waals surface area contributed by atoms with E-state index in [-0.39, 0.29) is 17.9 Å². The molecule has 2 aromatic rings. The van der Waals surface area contributed by atoms with Gasteiger partial charge >= 0.3 is 0 Å². The van der Waals surface area contributed by atoms with Crippen LogP contribution in [-0.4, -0.2) is 30.5 Å². The van der Waals surface area contributed by atoms with Crippen molar-refractivity contribution in [1.82, 2.24) is 4.31 Å². The average Bonchev–Trinajstić information content (AvgIpc) is 2.98. The van der Waals surface area contributed by atoms with Crippen molar-refractivity contribution in [3.63, 3.8) is 0 Å². The average molecular weight is 346 g/mol. The van der Waals surface area contributed by atoms with Crippen molar-refractivity contribution in [2.24, 2.45) is 0 Å². The number of nitrogens with zero attached hydrogens (tertiary/aromatic N) is 2. The number of β-amino-alcohol motifs (C(OH)–C–C–N with tert-alkyl or cyclic N) is 1. The summed E-state index contributed by atoms with van der Waals surface area (Å²) in [7, 11) is -3.83. The summed E-state index contributed by atoms with van der Waals surface area (Å²) < 4.78 is 40.1. The van der Waals surface area contributed by atoms with Gasteiger partial charge in [-0.3, -0.25) is 0 Å². The zero-order valence-electron chi connectivity index (χ0n) is 12.6. The lowest BCUT2D eigenvalue weighted by atomic mass is 10.0. The smallest absolute Gasteiger partial charge is 0.243 e. The van der Waals surface area contributed by atoms with Gasteiger partial charge in [0, 0.05) is 6.54 Å². The molecular weight excluding hydrogens is 331 g/mol. The van der Waals surface area contributed by atoms with E-state index < -0.39 is 28.0 Å². The SMILES string of the molecule is N#Cc1ccc(S(=O)(=O)N2C[C@@H](O)C[C@H]2c2ccc(F)cc2)cc1. The summed E-state index contributed by atoms with van der Waals surface area (Å²) in [6.07, 6.45) is -0.533. The van der Waals surface area contributed by atoms with Crippen LogP contribution in [0.2, 0.25) is 0 Å². The molecule has 5 nitrogen and oxygen atoms in total. The standard InChI is InChI=1S/C17H15FN2O3S/c18-14-5-3-13(4-6-14)17-9-15(21)11-20(17)24(22,23)16-7-1-12(10-19)2-8-16/h1-8,15,17,21H,9,11H2/t15-,17-/m0/s1. The van der Waals surface area contributed by atoms with Crippen LogP contribution in [0.4, 0.5) is 4.39 Å². The van der Waals surface area contributed by atoms with E-state index in [4.69, 9.17) is 5.26 Å². The van der Waals surface area contributed by atoms with E-state index in [2.05, 4.69) is 0 Å². The molecule has 0 aliphatic carbocycles. The molecule has 24 heavy (non-hydrogen) atoms. The number of halogens is 1. The highest BCUT2D eigenvalue weighted by Gasteiger charge is 2.40. The third kappa shape index (κ3) is 3.04. The Kier molecular flexibility index (Phi) is 4.37. The van der Waals surface area contributed by atoms with Gasteiger partial charge in [0.05, 0.1) is 28.7 Å². The van der Waals surface area contributed by atoms with E-state index in [0.29, 0.717) is 11.1 Å². The molecule has 7 heteroatoms. The monoisotopic (exact) mass is 346 g/mol. The Morgan fingerprint density at radius 1 is 1.12 bits per heavy atom. The van der Waals surface area contributed by atoms with Crippen LogP contribution in [0.15, 0.2) is 53.4 Å². The third-order valence-electron chi connectivity index (χ3n) is 4.08.